The fraction of sp³-hybridized carbons (Fsp3) is 0.167. The highest BCUT2D eigenvalue weighted by molar-refractivity contribution is 5.05. The van der Waals surface area contributed by atoms with Crippen LogP contribution in [0.5, 0.6) is 0 Å². The first-order valence-electron chi connectivity index (χ1n) is 2.26. The van der Waals surface area contributed by atoms with Gasteiger partial charge in [0.25, 0.3) is 0 Å². The second kappa shape index (κ2) is 3.16. The Labute approximate surface area is 48.5 Å². The lowest BCUT2D eigenvalue weighted by molar-refractivity contribution is 0.824. The maximum atomic E-state index is 3.85. The molecule has 0 radical (unpaired) electrons. The molecule has 0 saturated heterocycles. The molecule has 2 nitrogen and oxygen atoms in total. The molecule has 2 heteroatoms. The third kappa shape index (κ3) is 1.71. The number of aryl methyl sites for hydroxylation is 1. The van der Waals surface area contributed by atoms with Crippen LogP contribution in [0.15, 0.2) is 24.5 Å². The zero-order chi connectivity index (χ0) is 5.11. The van der Waals surface area contributed by atoms with Gasteiger partial charge in [0, 0.05) is 12.4 Å². The van der Waals surface area contributed by atoms with Gasteiger partial charge in [0.05, 0.1) is 0 Å². The van der Waals surface area contributed by atoms with Crippen molar-refractivity contribution in [1.29, 1.82) is 0 Å². The molecule has 0 spiro atoms. The lowest BCUT2D eigenvalue weighted by atomic mass is 10.3. The monoisotopic (exact) mass is 111 g/mol. The van der Waals surface area contributed by atoms with E-state index in [1.165, 1.54) is 5.56 Å². The minimum absolute atomic E-state index is 0. The zero-order valence-electron chi connectivity index (χ0n) is 4.76. The molecule has 1 aromatic heterocycles. The van der Waals surface area contributed by atoms with Crippen molar-refractivity contribution in [3.05, 3.63) is 30.1 Å². The number of pyridine rings is 1. The first-order valence-corrected chi connectivity index (χ1v) is 2.26. The Morgan fingerprint density at radius 3 is 2.00 bits per heavy atom. The predicted molar refractivity (Wildman–Crippen MR) is 32.6 cm³/mol. The van der Waals surface area contributed by atoms with Gasteiger partial charge in [-0.15, -0.1) is 0 Å². The molecule has 0 amide bonds. The van der Waals surface area contributed by atoms with Gasteiger partial charge in [-0.1, -0.05) is 0 Å². The molecule has 0 fully saturated rings. The Morgan fingerprint density at radius 1 is 1.25 bits per heavy atom. The Balaban J connectivity index is 0.000000490. The van der Waals surface area contributed by atoms with Gasteiger partial charge >= 0.3 is 0 Å². The summed E-state index contributed by atoms with van der Waals surface area (Å²) < 4.78 is 0. The Kier molecular flexibility index (Phi) is 2.80. The van der Waals surface area contributed by atoms with E-state index >= 15 is 0 Å². The van der Waals surface area contributed by atoms with Crippen LogP contribution >= 0.6 is 0 Å². The Hall–Kier alpha value is -0.890. The summed E-state index contributed by atoms with van der Waals surface area (Å²) in [5.74, 6) is 0. The van der Waals surface area contributed by atoms with Crippen molar-refractivity contribution in [3.8, 4) is 0 Å². The topological polar surface area (TPSA) is 44.4 Å². The van der Waals surface area contributed by atoms with Crippen LogP contribution in [0.3, 0.4) is 0 Å². The van der Waals surface area contributed by atoms with E-state index in [0.29, 0.717) is 0 Å². The molecule has 0 aliphatic heterocycles. The summed E-state index contributed by atoms with van der Waals surface area (Å²) in [7, 11) is 0. The van der Waals surface area contributed by atoms with Crippen molar-refractivity contribution in [2.45, 2.75) is 6.92 Å². The third-order valence-electron chi connectivity index (χ3n) is 0.847. The molecule has 0 aliphatic rings. The van der Waals surface area contributed by atoms with Gasteiger partial charge in [0.15, 0.2) is 0 Å². The number of hydrogen-bond donors (Lipinski definition) is 0. The van der Waals surface area contributed by atoms with Gasteiger partial charge in [0.2, 0.25) is 0 Å². The highest BCUT2D eigenvalue weighted by Crippen LogP contribution is 1.88. The van der Waals surface area contributed by atoms with Gasteiger partial charge in [0.1, 0.15) is 0 Å². The van der Waals surface area contributed by atoms with Crippen LogP contribution in [0.2, 0.25) is 0 Å². The van der Waals surface area contributed by atoms with Gasteiger partial charge < -0.3 is 5.48 Å². The molecule has 44 valence electrons. The van der Waals surface area contributed by atoms with Crippen LogP contribution in [0.25, 0.3) is 0 Å². The molecule has 2 N–H and O–H groups in total. The van der Waals surface area contributed by atoms with E-state index in [4.69, 9.17) is 0 Å². The summed E-state index contributed by atoms with van der Waals surface area (Å²) in [6, 6.07) is 3.94. The molecule has 0 aliphatic carbocycles. The SMILES string of the molecule is Cc1ccncc1.O. The maximum absolute atomic E-state index is 3.85. The van der Waals surface area contributed by atoms with Gasteiger partial charge in [-0.2, -0.15) is 0 Å². The second-order valence-electron chi connectivity index (χ2n) is 1.52. The molecular formula is C6H9NO. The lowest BCUT2D eigenvalue weighted by Crippen LogP contribution is -1.68. The van der Waals surface area contributed by atoms with E-state index in [1.54, 1.807) is 12.4 Å². The molecule has 1 rings (SSSR count). The van der Waals surface area contributed by atoms with Crippen LogP contribution in [0, 0.1) is 6.92 Å². The largest absolute Gasteiger partial charge is 0.412 e. The highest BCUT2D eigenvalue weighted by atomic mass is 16.0. The lowest BCUT2D eigenvalue weighted by Gasteiger charge is -1.82. The standard InChI is InChI=1S/C6H7N.H2O/c1-6-2-4-7-5-3-6;/h2-5H,1H3;1H2. The molecule has 0 bridgehead atoms. The molecule has 1 heterocycles. The fourth-order valence-corrected chi connectivity index (χ4v) is 0.426. The van der Waals surface area contributed by atoms with E-state index in [9.17, 15) is 0 Å². The van der Waals surface area contributed by atoms with Crippen LogP contribution in [-0.2, 0) is 0 Å². The van der Waals surface area contributed by atoms with Crippen LogP contribution in [-0.4, -0.2) is 10.5 Å². The number of rotatable bonds is 0. The molecular weight excluding hydrogens is 102 g/mol. The van der Waals surface area contributed by atoms with E-state index in [2.05, 4.69) is 4.98 Å². The predicted octanol–water partition coefficient (Wildman–Crippen LogP) is 0.565. The first kappa shape index (κ1) is 7.11. The normalized spacial score (nSPS) is 7.62. The summed E-state index contributed by atoms with van der Waals surface area (Å²) in [6.45, 7) is 2.04. The average Bonchev–Trinajstić information content (AvgIpc) is 1.69. The minimum atomic E-state index is 0. The number of aromatic nitrogens is 1. The second-order valence-corrected chi connectivity index (χ2v) is 1.52. The average molecular weight is 111 g/mol. The van der Waals surface area contributed by atoms with Gasteiger partial charge in [-0.05, 0) is 24.6 Å². The number of nitrogens with zero attached hydrogens (tertiary/aromatic N) is 1. The van der Waals surface area contributed by atoms with Crippen molar-refractivity contribution in [2.75, 3.05) is 0 Å². The molecule has 0 atom stereocenters. The van der Waals surface area contributed by atoms with E-state index in [-0.39, 0.29) is 5.48 Å². The molecule has 0 unspecified atom stereocenters. The van der Waals surface area contributed by atoms with Crippen LogP contribution in [0.1, 0.15) is 5.56 Å². The summed E-state index contributed by atoms with van der Waals surface area (Å²) in [5, 5.41) is 0. The molecule has 0 aromatic carbocycles. The van der Waals surface area contributed by atoms with Crippen LogP contribution in [0.4, 0.5) is 0 Å². The minimum Gasteiger partial charge on any atom is -0.412 e. The van der Waals surface area contributed by atoms with E-state index in [0.717, 1.165) is 0 Å². The fourth-order valence-electron chi connectivity index (χ4n) is 0.426. The highest BCUT2D eigenvalue weighted by Gasteiger charge is 1.72. The summed E-state index contributed by atoms with van der Waals surface area (Å²) >= 11 is 0. The van der Waals surface area contributed by atoms with Gasteiger partial charge in [-0.3, -0.25) is 4.98 Å². The van der Waals surface area contributed by atoms with E-state index in [1.807, 2.05) is 19.1 Å². The van der Waals surface area contributed by atoms with Crippen molar-refractivity contribution in [1.82, 2.24) is 4.98 Å². The van der Waals surface area contributed by atoms with Gasteiger partial charge in [-0.25, -0.2) is 0 Å². The Morgan fingerprint density at radius 2 is 1.75 bits per heavy atom. The molecule has 1 aromatic rings. The molecule has 0 saturated carbocycles. The quantitative estimate of drug-likeness (QED) is 0.482. The van der Waals surface area contributed by atoms with E-state index < -0.39 is 0 Å². The van der Waals surface area contributed by atoms with Crippen molar-refractivity contribution < 1.29 is 5.48 Å². The van der Waals surface area contributed by atoms with Crippen molar-refractivity contribution in [2.24, 2.45) is 0 Å². The molecule has 8 heavy (non-hydrogen) atoms. The van der Waals surface area contributed by atoms with Crippen molar-refractivity contribution >= 4 is 0 Å². The van der Waals surface area contributed by atoms with Crippen LogP contribution < -0.4 is 0 Å². The zero-order valence-corrected chi connectivity index (χ0v) is 4.76. The number of hydrogen-bond acceptors (Lipinski definition) is 1. The third-order valence-corrected chi connectivity index (χ3v) is 0.847. The maximum Gasteiger partial charge on any atom is 0.0270 e. The summed E-state index contributed by atoms with van der Waals surface area (Å²) in [6.07, 6.45) is 3.57. The summed E-state index contributed by atoms with van der Waals surface area (Å²) in [5.41, 5.74) is 1.26. The Bertz CT molecular complexity index is 138. The summed E-state index contributed by atoms with van der Waals surface area (Å²) in [4.78, 5) is 3.85. The smallest absolute Gasteiger partial charge is 0.0270 e. The first-order chi connectivity index (χ1) is 3.39. The van der Waals surface area contributed by atoms with Crippen molar-refractivity contribution in [3.63, 3.8) is 0 Å².